The summed E-state index contributed by atoms with van der Waals surface area (Å²) in [6.45, 7) is 13.0. The van der Waals surface area contributed by atoms with Crippen LogP contribution in [0.1, 0.15) is 33.5 Å². The van der Waals surface area contributed by atoms with Crippen molar-refractivity contribution in [3.63, 3.8) is 0 Å². The van der Waals surface area contributed by atoms with Gasteiger partial charge in [0, 0.05) is 64.1 Å². The van der Waals surface area contributed by atoms with E-state index in [1.165, 1.54) is 184 Å². The van der Waals surface area contributed by atoms with Gasteiger partial charge in [-0.3, -0.25) is 0 Å². The maximum absolute atomic E-state index is 4.87. The standard InChI is InChI=1S/C38H31N2.C31H25N2.C30H23N2/c1-24-19-25(2)21-27(20-24)35-22-36(40(4)23-39-35)37-26(3)17-18-34-32-15-8-7-13-30(32)28-11-5-6-12-29(28)31-14-9-10-16-33(31)38(34)37;1-20-16-17-28-26-14-7-6-12-24(26)22-10-4-5-11-23(22)25-13-8-9-15-27(25)31(28)30(20)29-18-21(2)32-19-33(29)3;1-20-15-16-27-25-13-6-5-11-23(25)21-9-3-4-10-22(21)24-12-7-8-14-26(24)30(27)29(20)28-17-18-31-19-32(28)2/h5-23H,1-4H3;4-19H,1-3H3;3-19H,1-2H3/q3*+1. The minimum absolute atomic E-state index is 0.988. The molecule has 6 heteroatoms. The van der Waals surface area contributed by atoms with E-state index >= 15 is 0 Å². The first-order chi connectivity index (χ1) is 51.4. The lowest BCUT2D eigenvalue weighted by molar-refractivity contribution is -0.663. The Labute approximate surface area is 616 Å². The van der Waals surface area contributed by atoms with Crippen molar-refractivity contribution in [3.05, 3.63) is 350 Å². The second kappa shape index (κ2) is 27.1. The number of hydrogen-bond acceptors (Lipinski definition) is 3. The number of nitrogens with zero attached hydrogens (tertiary/aromatic N) is 6. The van der Waals surface area contributed by atoms with E-state index in [0.29, 0.717) is 0 Å². The van der Waals surface area contributed by atoms with Crippen LogP contribution >= 0.6 is 0 Å². The Morgan fingerprint density at radius 1 is 0.219 bits per heavy atom. The summed E-state index contributed by atoms with van der Waals surface area (Å²) in [6, 6.07) is 106. The molecule has 19 rings (SSSR count). The summed E-state index contributed by atoms with van der Waals surface area (Å²) < 4.78 is 6.41. The molecule has 0 spiro atoms. The summed E-state index contributed by atoms with van der Waals surface area (Å²) in [5.74, 6) is 0. The summed E-state index contributed by atoms with van der Waals surface area (Å²) in [7, 11) is 6.25. The molecule has 0 bridgehead atoms. The fourth-order valence-electron chi connectivity index (χ4n) is 16.7. The number of aryl methyl sites for hydroxylation is 9. The van der Waals surface area contributed by atoms with Gasteiger partial charge in [-0.25, -0.2) is 13.7 Å². The molecule has 0 radical (unpaired) electrons. The van der Waals surface area contributed by atoms with Crippen LogP contribution in [0.25, 0.3) is 179 Å². The number of rotatable bonds is 4. The summed E-state index contributed by atoms with van der Waals surface area (Å²) in [5.41, 5.74) is 47.1. The van der Waals surface area contributed by atoms with E-state index in [9.17, 15) is 0 Å². The third kappa shape index (κ3) is 11.6. The van der Waals surface area contributed by atoms with Crippen molar-refractivity contribution in [2.24, 2.45) is 21.1 Å². The van der Waals surface area contributed by atoms with Crippen LogP contribution < -0.4 is 13.7 Å². The smallest absolute Gasteiger partial charge is 0.233 e. The van der Waals surface area contributed by atoms with Gasteiger partial charge in [-0.05, 0) is 185 Å². The third-order valence-corrected chi connectivity index (χ3v) is 21.4. The Bertz CT molecular complexity index is 6130. The molecule has 0 atom stereocenters. The van der Waals surface area contributed by atoms with Gasteiger partial charge >= 0.3 is 0 Å². The zero-order valence-corrected chi connectivity index (χ0v) is 60.7. The summed E-state index contributed by atoms with van der Waals surface area (Å²) >= 11 is 0. The maximum Gasteiger partial charge on any atom is 0.287 e. The normalized spacial score (nSPS) is 11.5. The molecule has 3 aliphatic rings. The van der Waals surface area contributed by atoms with Crippen LogP contribution in [0.15, 0.2) is 316 Å². The average molecular weight is 1350 g/mol. The number of fused-ring (bicyclic) bond motifs is 24. The molecule has 0 saturated heterocycles. The van der Waals surface area contributed by atoms with Crippen LogP contribution in [-0.2, 0) is 21.1 Å². The highest BCUT2D eigenvalue weighted by molar-refractivity contribution is 6.10. The summed E-state index contributed by atoms with van der Waals surface area (Å²) in [6.07, 6.45) is 7.64. The topological polar surface area (TPSA) is 50.3 Å². The second-order valence-electron chi connectivity index (χ2n) is 28.2. The minimum atomic E-state index is 0.988. The molecule has 0 amide bonds. The lowest BCUT2D eigenvalue weighted by Gasteiger charge is -2.25. The molecule has 0 unspecified atom stereocenters. The predicted molar refractivity (Wildman–Crippen MR) is 432 cm³/mol. The Kier molecular flexibility index (Phi) is 16.9. The van der Waals surface area contributed by atoms with Gasteiger partial charge in [-0.2, -0.15) is 0 Å². The van der Waals surface area contributed by atoms with Gasteiger partial charge in [-0.1, -0.05) is 282 Å². The molecule has 105 heavy (non-hydrogen) atoms. The van der Waals surface area contributed by atoms with Gasteiger partial charge < -0.3 is 0 Å². The van der Waals surface area contributed by atoms with E-state index in [2.05, 4.69) is 378 Å². The van der Waals surface area contributed by atoms with Gasteiger partial charge in [0.05, 0.1) is 21.1 Å². The molecule has 3 aromatic heterocycles. The van der Waals surface area contributed by atoms with Crippen LogP contribution in [0.3, 0.4) is 0 Å². The molecular weight excluding hydrogens is 1270 g/mol. The molecule has 0 N–H and O–H groups in total. The van der Waals surface area contributed by atoms with Gasteiger partial charge in [0.25, 0.3) is 19.0 Å². The molecule has 16 aromatic rings. The van der Waals surface area contributed by atoms with Crippen LogP contribution in [0.5, 0.6) is 0 Å². The molecule has 6 nitrogen and oxygen atoms in total. The van der Waals surface area contributed by atoms with Gasteiger partial charge in [-0.15, -0.1) is 0 Å². The fourth-order valence-corrected chi connectivity index (χ4v) is 16.7. The van der Waals surface area contributed by atoms with Crippen LogP contribution in [0.4, 0.5) is 0 Å². The SMILES string of the molecule is Cc1cc(-c2c(C)ccc3c2-c2ccccc2-c2ccccc2-c2ccccc2-3)[n+](C)cn1.Cc1cc(C)cc(-c2cc(-c3c(C)ccc4c3-c3ccccc3-c3ccccc3-c3ccccc3-4)[n+](C)cn2)c1.Cc1ccc2c(c1-c1ccnc[n+]1C)-c1ccccc1-c1ccccc1-c1ccccc1-2. The fraction of sp³-hybridized carbons (Fsp3) is 0.0909. The molecule has 3 aliphatic carbocycles. The Balaban J connectivity index is 0.000000117. The van der Waals surface area contributed by atoms with E-state index in [1.54, 1.807) is 0 Å². The Morgan fingerprint density at radius 2 is 0.486 bits per heavy atom. The van der Waals surface area contributed by atoms with E-state index in [-0.39, 0.29) is 0 Å². The summed E-state index contributed by atoms with van der Waals surface area (Å²) in [5, 5.41) is 0. The van der Waals surface area contributed by atoms with Crippen molar-refractivity contribution in [1.29, 1.82) is 0 Å². The maximum atomic E-state index is 4.87. The van der Waals surface area contributed by atoms with Crippen molar-refractivity contribution in [2.75, 3.05) is 0 Å². The number of hydrogen-bond donors (Lipinski definition) is 0. The monoisotopic (exact) mass is 1350 g/mol. The lowest BCUT2D eigenvalue weighted by Crippen LogP contribution is -2.32. The van der Waals surface area contributed by atoms with Crippen molar-refractivity contribution < 1.29 is 13.7 Å². The van der Waals surface area contributed by atoms with Crippen LogP contribution in [0.2, 0.25) is 0 Å². The largest absolute Gasteiger partial charge is 0.287 e. The lowest BCUT2D eigenvalue weighted by atomic mass is 9.78. The Hall–Kier alpha value is -12.9. The first kappa shape index (κ1) is 65.4. The third-order valence-electron chi connectivity index (χ3n) is 21.4. The first-order valence-corrected chi connectivity index (χ1v) is 36.2. The van der Waals surface area contributed by atoms with Gasteiger partial charge in [0.15, 0.2) is 11.4 Å². The van der Waals surface area contributed by atoms with Crippen LogP contribution in [0, 0.1) is 41.5 Å². The van der Waals surface area contributed by atoms with Crippen molar-refractivity contribution >= 4 is 0 Å². The second-order valence-corrected chi connectivity index (χ2v) is 28.2. The minimum Gasteiger partial charge on any atom is -0.233 e. The van der Waals surface area contributed by atoms with E-state index in [4.69, 9.17) is 4.98 Å². The first-order valence-electron chi connectivity index (χ1n) is 36.2. The molecule has 0 saturated carbocycles. The predicted octanol–water partition coefficient (Wildman–Crippen LogP) is 23.2. The molecule has 502 valence electrons. The molecule has 0 fully saturated rings. The molecule has 13 aromatic carbocycles. The highest BCUT2D eigenvalue weighted by Crippen LogP contribution is 2.55. The Morgan fingerprint density at radius 3 is 0.810 bits per heavy atom. The quantitative estimate of drug-likeness (QED) is 0.165. The van der Waals surface area contributed by atoms with Crippen molar-refractivity contribution in [3.8, 4) is 179 Å². The van der Waals surface area contributed by atoms with E-state index in [0.717, 1.165) is 28.3 Å². The molecule has 0 aliphatic heterocycles. The highest BCUT2D eigenvalue weighted by Gasteiger charge is 2.32. The van der Waals surface area contributed by atoms with Crippen molar-refractivity contribution in [2.45, 2.75) is 41.5 Å². The van der Waals surface area contributed by atoms with E-state index < -0.39 is 0 Å². The van der Waals surface area contributed by atoms with Gasteiger partial charge in [0.2, 0.25) is 0 Å². The number of aromatic nitrogens is 6. The average Bonchev–Trinajstić information content (AvgIpc) is 0.743. The summed E-state index contributed by atoms with van der Waals surface area (Å²) in [4.78, 5) is 13.7. The number of benzene rings is 13. The molecule has 3 heterocycles. The molecular formula is C99H79N6+3. The zero-order chi connectivity index (χ0) is 71.6. The van der Waals surface area contributed by atoms with Crippen molar-refractivity contribution in [1.82, 2.24) is 15.0 Å². The highest BCUT2D eigenvalue weighted by atomic mass is 15.0. The van der Waals surface area contributed by atoms with E-state index in [1.807, 2.05) is 25.2 Å². The van der Waals surface area contributed by atoms with Gasteiger partial charge in [0.1, 0.15) is 23.3 Å². The zero-order valence-electron chi connectivity index (χ0n) is 60.7. The van der Waals surface area contributed by atoms with Crippen LogP contribution in [-0.4, -0.2) is 15.0 Å².